The fraction of sp³-hybridized carbons (Fsp3) is 0.154. The Kier molecular flexibility index (Phi) is 3.93. The highest BCUT2D eigenvalue weighted by Crippen LogP contribution is 2.22. The van der Waals surface area contributed by atoms with Gasteiger partial charge in [-0.25, -0.2) is 9.37 Å². The summed E-state index contributed by atoms with van der Waals surface area (Å²) in [7, 11) is 0. The monoisotopic (exact) mass is 309 g/mol. The highest BCUT2D eigenvalue weighted by atomic mass is 79.9. The van der Waals surface area contributed by atoms with Crippen molar-refractivity contribution in [1.82, 2.24) is 4.98 Å². The molecular weight excluding hydrogens is 297 g/mol. The van der Waals surface area contributed by atoms with Crippen molar-refractivity contribution in [3.05, 3.63) is 57.9 Å². The smallest absolute Gasteiger partial charge is 0.137 e. The predicted octanol–water partition coefficient (Wildman–Crippen LogP) is 2.81. The number of hydrogen-bond donors (Lipinski definition) is 2. The first-order valence-electron chi connectivity index (χ1n) is 5.47. The van der Waals surface area contributed by atoms with Crippen LogP contribution in [0.3, 0.4) is 0 Å². The van der Waals surface area contributed by atoms with Crippen LogP contribution in [0, 0.1) is 5.82 Å². The summed E-state index contributed by atoms with van der Waals surface area (Å²) in [6, 6.07) is 8.25. The van der Waals surface area contributed by atoms with E-state index in [2.05, 4.69) is 20.9 Å². The van der Waals surface area contributed by atoms with Crippen molar-refractivity contribution < 1.29 is 4.39 Å². The predicted molar refractivity (Wildman–Crippen MR) is 73.4 cm³/mol. The van der Waals surface area contributed by atoms with Gasteiger partial charge in [0.25, 0.3) is 0 Å². The fourth-order valence-electron chi connectivity index (χ4n) is 1.74. The molecule has 0 bridgehead atoms. The van der Waals surface area contributed by atoms with Crippen molar-refractivity contribution in [3.63, 3.8) is 0 Å². The summed E-state index contributed by atoms with van der Waals surface area (Å²) in [5.41, 5.74) is 13.6. The summed E-state index contributed by atoms with van der Waals surface area (Å²) in [4.78, 5) is 3.93. The Labute approximate surface area is 113 Å². The van der Waals surface area contributed by atoms with E-state index in [1.165, 1.54) is 6.07 Å². The van der Waals surface area contributed by atoms with Crippen molar-refractivity contribution in [2.45, 2.75) is 12.5 Å². The molecule has 5 heteroatoms. The Morgan fingerprint density at radius 2 is 2.06 bits per heavy atom. The molecule has 2 rings (SSSR count). The molecule has 0 saturated heterocycles. The number of aromatic nitrogens is 1. The lowest BCUT2D eigenvalue weighted by Gasteiger charge is -2.13. The third kappa shape index (κ3) is 3.05. The van der Waals surface area contributed by atoms with E-state index in [1.54, 1.807) is 24.4 Å². The van der Waals surface area contributed by atoms with E-state index < -0.39 is 0 Å². The van der Waals surface area contributed by atoms with Crippen LogP contribution in [0.25, 0.3) is 0 Å². The van der Waals surface area contributed by atoms with Gasteiger partial charge in [-0.1, -0.05) is 6.07 Å². The van der Waals surface area contributed by atoms with Crippen molar-refractivity contribution in [2.75, 3.05) is 5.73 Å². The van der Waals surface area contributed by atoms with Crippen LogP contribution >= 0.6 is 15.9 Å². The zero-order valence-corrected chi connectivity index (χ0v) is 11.2. The topological polar surface area (TPSA) is 64.9 Å². The van der Waals surface area contributed by atoms with Crippen LogP contribution in [0.4, 0.5) is 10.2 Å². The molecule has 3 nitrogen and oxygen atoms in total. The van der Waals surface area contributed by atoms with Gasteiger partial charge in [-0.3, -0.25) is 0 Å². The lowest BCUT2D eigenvalue weighted by Crippen LogP contribution is -2.13. The molecule has 1 unspecified atom stereocenters. The minimum absolute atomic E-state index is 0.205. The van der Waals surface area contributed by atoms with Gasteiger partial charge in [0.05, 0.1) is 4.47 Å². The average Bonchev–Trinajstić information content (AvgIpc) is 2.32. The van der Waals surface area contributed by atoms with Crippen molar-refractivity contribution in [2.24, 2.45) is 5.73 Å². The van der Waals surface area contributed by atoms with Gasteiger partial charge in [-0.05, 0) is 57.7 Å². The number of anilines is 1. The van der Waals surface area contributed by atoms with E-state index in [0.717, 1.165) is 11.1 Å². The molecule has 0 spiro atoms. The second kappa shape index (κ2) is 5.46. The van der Waals surface area contributed by atoms with Crippen molar-refractivity contribution >= 4 is 21.7 Å². The van der Waals surface area contributed by atoms with E-state index in [0.29, 0.717) is 16.7 Å². The zero-order valence-electron chi connectivity index (χ0n) is 9.61. The number of nitrogens with two attached hydrogens (primary N) is 2. The van der Waals surface area contributed by atoms with E-state index in [-0.39, 0.29) is 11.9 Å². The lowest BCUT2D eigenvalue weighted by molar-refractivity contribution is 0.617. The van der Waals surface area contributed by atoms with Crippen LogP contribution in [-0.2, 0) is 6.42 Å². The van der Waals surface area contributed by atoms with E-state index >= 15 is 0 Å². The Morgan fingerprint density at radius 1 is 1.28 bits per heavy atom. The standard InChI is InChI=1S/C13H13BrFN3/c14-10-7-9(1-2-11(10)15)12(16)5-8-3-4-18-13(17)6-8/h1-4,6-7,12H,5,16H2,(H2,17,18). The summed E-state index contributed by atoms with van der Waals surface area (Å²) in [6.07, 6.45) is 2.28. The maximum atomic E-state index is 13.1. The molecule has 1 aromatic carbocycles. The number of benzene rings is 1. The summed E-state index contributed by atoms with van der Waals surface area (Å²) >= 11 is 3.15. The Balaban J connectivity index is 2.16. The van der Waals surface area contributed by atoms with Gasteiger partial charge < -0.3 is 11.5 Å². The van der Waals surface area contributed by atoms with Gasteiger partial charge in [-0.2, -0.15) is 0 Å². The van der Waals surface area contributed by atoms with Crippen LogP contribution in [0.5, 0.6) is 0 Å². The molecule has 0 amide bonds. The molecule has 0 aliphatic carbocycles. The highest BCUT2D eigenvalue weighted by Gasteiger charge is 2.09. The molecule has 1 heterocycles. The molecule has 0 fully saturated rings. The molecule has 18 heavy (non-hydrogen) atoms. The molecule has 4 N–H and O–H groups in total. The SMILES string of the molecule is Nc1cc(CC(N)c2ccc(F)c(Br)c2)ccn1. The highest BCUT2D eigenvalue weighted by molar-refractivity contribution is 9.10. The fourth-order valence-corrected chi connectivity index (χ4v) is 2.13. The molecule has 0 saturated carbocycles. The van der Waals surface area contributed by atoms with Gasteiger partial charge in [0.15, 0.2) is 0 Å². The number of nitrogen functional groups attached to an aromatic ring is 1. The van der Waals surface area contributed by atoms with Gasteiger partial charge in [-0.15, -0.1) is 0 Å². The molecule has 94 valence electrons. The van der Waals surface area contributed by atoms with Crippen LogP contribution in [0.2, 0.25) is 0 Å². The first-order valence-corrected chi connectivity index (χ1v) is 6.26. The quantitative estimate of drug-likeness (QED) is 0.916. The van der Waals surface area contributed by atoms with Gasteiger partial charge >= 0.3 is 0 Å². The van der Waals surface area contributed by atoms with E-state index in [9.17, 15) is 4.39 Å². The molecule has 0 aliphatic heterocycles. The third-order valence-corrected chi connectivity index (χ3v) is 3.28. The summed E-state index contributed by atoms with van der Waals surface area (Å²) in [6.45, 7) is 0. The van der Waals surface area contributed by atoms with Crippen molar-refractivity contribution in [1.29, 1.82) is 0 Å². The number of halogens is 2. The normalized spacial score (nSPS) is 12.4. The Hall–Kier alpha value is -1.46. The largest absolute Gasteiger partial charge is 0.384 e. The minimum atomic E-state index is -0.292. The number of nitrogens with zero attached hydrogens (tertiary/aromatic N) is 1. The minimum Gasteiger partial charge on any atom is -0.384 e. The zero-order chi connectivity index (χ0) is 13.1. The first-order chi connectivity index (χ1) is 8.56. The molecule has 0 radical (unpaired) electrons. The second-order valence-corrected chi connectivity index (χ2v) is 4.93. The lowest BCUT2D eigenvalue weighted by atomic mass is 10.0. The maximum Gasteiger partial charge on any atom is 0.137 e. The Morgan fingerprint density at radius 3 is 2.72 bits per heavy atom. The van der Waals surface area contributed by atoms with Gasteiger partial charge in [0.2, 0.25) is 0 Å². The third-order valence-electron chi connectivity index (χ3n) is 2.67. The summed E-state index contributed by atoms with van der Waals surface area (Å²) < 4.78 is 13.6. The molecule has 2 aromatic rings. The van der Waals surface area contributed by atoms with Crippen LogP contribution in [0.1, 0.15) is 17.2 Å². The number of hydrogen-bond acceptors (Lipinski definition) is 3. The van der Waals surface area contributed by atoms with Crippen LogP contribution in [-0.4, -0.2) is 4.98 Å². The Bertz CT molecular complexity index is 560. The van der Waals surface area contributed by atoms with E-state index in [1.807, 2.05) is 6.07 Å². The molecule has 1 aromatic heterocycles. The summed E-state index contributed by atoms with van der Waals surface area (Å²) in [5, 5.41) is 0. The molecular formula is C13H13BrFN3. The second-order valence-electron chi connectivity index (χ2n) is 4.07. The number of rotatable bonds is 3. The van der Waals surface area contributed by atoms with Gasteiger partial charge in [0, 0.05) is 12.2 Å². The molecule has 0 aliphatic rings. The average molecular weight is 310 g/mol. The molecule has 1 atom stereocenters. The van der Waals surface area contributed by atoms with E-state index in [4.69, 9.17) is 11.5 Å². The van der Waals surface area contributed by atoms with Crippen LogP contribution < -0.4 is 11.5 Å². The number of pyridine rings is 1. The first kappa shape index (κ1) is 13.0. The summed E-state index contributed by atoms with van der Waals surface area (Å²) in [5.74, 6) is 0.180. The maximum absolute atomic E-state index is 13.1. The van der Waals surface area contributed by atoms with Gasteiger partial charge in [0.1, 0.15) is 11.6 Å². The van der Waals surface area contributed by atoms with Crippen LogP contribution in [0.15, 0.2) is 41.0 Å². The van der Waals surface area contributed by atoms with Crippen molar-refractivity contribution in [3.8, 4) is 0 Å².